The van der Waals surface area contributed by atoms with Crippen LogP contribution in [0.25, 0.3) is 10.2 Å². The van der Waals surface area contributed by atoms with Crippen LogP contribution in [0.4, 0.5) is 10.5 Å². The molecule has 1 saturated heterocycles. The van der Waals surface area contributed by atoms with Crippen molar-refractivity contribution in [1.82, 2.24) is 15.2 Å². The van der Waals surface area contributed by atoms with Crippen molar-refractivity contribution in [2.45, 2.75) is 39.0 Å². The molecule has 1 amide bonds. The zero-order valence-corrected chi connectivity index (χ0v) is 17.6. The summed E-state index contributed by atoms with van der Waals surface area (Å²) in [5, 5.41) is 3.60. The minimum absolute atomic E-state index is 0.346. The number of aromatic nitrogens is 1. The molecular weight excluding hydrogens is 364 g/mol. The van der Waals surface area contributed by atoms with Gasteiger partial charge in [-0.05, 0) is 40.9 Å². The van der Waals surface area contributed by atoms with Crippen LogP contribution in [-0.4, -0.2) is 61.9 Å². The Hall–Kier alpha value is -2.06. The van der Waals surface area contributed by atoms with Crippen molar-refractivity contribution in [3.63, 3.8) is 0 Å². The molecule has 3 rings (SSSR count). The third kappa shape index (κ3) is 4.62. The molecule has 0 bridgehead atoms. The van der Waals surface area contributed by atoms with E-state index in [1.54, 1.807) is 18.4 Å². The average molecular weight is 393 g/mol. The van der Waals surface area contributed by atoms with E-state index in [1.165, 1.54) is 0 Å². The molecule has 1 N–H and O–H groups in total. The minimum Gasteiger partial charge on any atom is -0.495 e. The lowest BCUT2D eigenvalue weighted by molar-refractivity contribution is 0.0523. The van der Waals surface area contributed by atoms with Crippen molar-refractivity contribution >= 4 is 33.3 Å². The Labute approximate surface area is 164 Å². The molecule has 0 radical (unpaired) electrons. The van der Waals surface area contributed by atoms with E-state index in [9.17, 15) is 4.79 Å². The fraction of sp³-hybridized carbons (Fsp3) is 0.579. The topological polar surface area (TPSA) is 66.9 Å². The molecule has 0 aliphatic carbocycles. The fourth-order valence-corrected chi connectivity index (χ4v) is 3.84. The lowest BCUT2D eigenvalue weighted by atomic mass is 10.1. The van der Waals surface area contributed by atoms with Crippen LogP contribution in [0.5, 0.6) is 5.75 Å². The molecule has 7 nitrogen and oxygen atoms in total. The molecule has 27 heavy (non-hydrogen) atoms. The molecule has 0 spiro atoms. The molecule has 148 valence electrons. The molecule has 1 aromatic carbocycles. The van der Waals surface area contributed by atoms with Crippen molar-refractivity contribution in [3.05, 3.63) is 17.1 Å². The van der Waals surface area contributed by atoms with Gasteiger partial charge in [-0.25, -0.2) is 9.78 Å². The van der Waals surface area contributed by atoms with Crippen LogP contribution in [-0.2, 0) is 11.3 Å². The Morgan fingerprint density at radius 1 is 1.37 bits per heavy atom. The highest BCUT2D eigenvalue weighted by molar-refractivity contribution is 7.18. The van der Waals surface area contributed by atoms with E-state index in [1.807, 2.05) is 26.8 Å². The van der Waals surface area contributed by atoms with Gasteiger partial charge in [-0.1, -0.05) is 0 Å². The maximum absolute atomic E-state index is 11.8. The third-order valence-electron chi connectivity index (χ3n) is 4.45. The van der Waals surface area contributed by atoms with E-state index in [-0.39, 0.29) is 0 Å². The Balaban J connectivity index is 1.73. The van der Waals surface area contributed by atoms with E-state index in [4.69, 9.17) is 9.47 Å². The van der Waals surface area contributed by atoms with Crippen LogP contribution in [0.15, 0.2) is 12.1 Å². The van der Waals surface area contributed by atoms with Crippen LogP contribution >= 0.6 is 11.3 Å². The van der Waals surface area contributed by atoms with Gasteiger partial charge in [-0.2, -0.15) is 0 Å². The second-order valence-corrected chi connectivity index (χ2v) is 9.09. The standard InChI is InChI=1S/C19H28N4O3S/c1-19(2,3)26-18(24)20-9-17-21-13-7-14(15(25-6)8-16(13)27-17)23-10-12(11-23)22(4)5/h7-8,12H,9-11H2,1-6H3,(H,20,24). The van der Waals surface area contributed by atoms with Gasteiger partial charge in [0.1, 0.15) is 16.4 Å². The summed E-state index contributed by atoms with van der Waals surface area (Å²) in [5.41, 5.74) is 1.48. The lowest BCUT2D eigenvalue weighted by Crippen LogP contribution is -2.57. The third-order valence-corrected chi connectivity index (χ3v) is 5.47. The van der Waals surface area contributed by atoms with Gasteiger partial charge in [0.25, 0.3) is 0 Å². The molecule has 8 heteroatoms. The van der Waals surface area contributed by atoms with Gasteiger partial charge in [0, 0.05) is 25.2 Å². The van der Waals surface area contributed by atoms with Gasteiger partial charge in [-0.3, -0.25) is 0 Å². The first-order valence-electron chi connectivity index (χ1n) is 9.02. The van der Waals surface area contributed by atoms with Crippen LogP contribution in [0.3, 0.4) is 0 Å². The van der Waals surface area contributed by atoms with Crippen molar-refractivity contribution < 1.29 is 14.3 Å². The molecule has 1 fully saturated rings. The first kappa shape index (κ1) is 19.7. The number of thiazole rings is 1. The number of benzene rings is 1. The molecule has 2 heterocycles. The summed E-state index contributed by atoms with van der Waals surface area (Å²) < 4.78 is 11.9. The van der Waals surface area contributed by atoms with Crippen molar-refractivity contribution in [2.75, 3.05) is 39.2 Å². The summed E-state index contributed by atoms with van der Waals surface area (Å²) in [6.45, 7) is 7.83. The van der Waals surface area contributed by atoms with E-state index < -0.39 is 11.7 Å². The van der Waals surface area contributed by atoms with E-state index in [0.717, 1.165) is 39.8 Å². The summed E-state index contributed by atoms with van der Waals surface area (Å²) in [6.07, 6.45) is -0.435. The molecule has 1 aliphatic heterocycles. The van der Waals surface area contributed by atoms with Gasteiger partial charge in [0.2, 0.25) is 0 Å². The van der Waals surface area contributed by atoms with Gasteiger partial charge < -0.3 is 24.6 Å². The molecule has 0 saturated carbocycles. The van der Waals surface area contributed by atoms with Crippen molar-refractivity contribution in [3.8, 4) is 5.75 Å². The first-order valence-corrected chi connectivity index (χ1v) is 9.83. The fourth-order valence-electron chi connectivity index (χ4n) is 2.92. The predicted octanol–water partition coefficient (Wildman–Crippen LogP) is 3.08. The highest BCUT2D eigenvalue weighted by Crippen LogP contribution is 2.37. The summed E-state index contributed by atoms with van der Waals surface area (Å²) in [4.78, 5) is 21.1. The first-order chi connectivity index (χ1) is 12.7. The van der Waals surface area contributed by atoms with Crippen molar-refractivity contribution in [1.29, 1.82) is 0 Å². The molecule has 0 unspecified atom stereocenters. The second-order valence-electron chi connectivity index (χ2n) is 7.98. The number of hydrogen-bond acceptors (Lipinski definition) is 7. The van der Waals surface area contributed by atoms with Gasteiger partial charge >= 0.3 is 6.09 Å². The van der Waals surface area contributed by atoms with Gasteiger partial charge in [0.15, 0.2) is 0 Å². The number of rotatable bonds is 5. The van der Waals surface area contributed by atoms with Crippen LogP contribution in [0.2, 0.25) is 0 Å². The van der Waals surface area contributed by atoms with E-state index >= 15 is 0 Å². The maximum atomic E-state index is 11.8. The quantitative estimate of drug-likeness (QED) is 0.844. The number of anilines is 1. The zero-order valence-electron chi connectivity index (χ0n) is 16.8. The number of methoxy groups -OCH3 is 1. The smallest absolute Gasteiger partial charge is 0.408 e. The van der Waals surface area contributed by atoms with Crippen LogP contribution in [0.1, 0.15) is 25.8 Å². The second kappa shape index (κ2) is 7.52. The summed E-state index contributed by atoms with van der Waals surface area (Å²) in [6, 6.07) is 4.67. The number of ether oxygens (including phenoxy) is 2. The maximum Gasteiger partial charge on any atom is 0.408 e. The number of carbonyl (C=O) groups excluding carboxylic acids is 1. The van der Waals surface area contributed by atoms with Crippen molar-refractivity contribution in [2.24, 2.45) is 0 Å². The highest BCUT2D eigenvalue weighted by Gasteiger charge is 2.30. The molecule has 2 aromatic rings. The van der Waals surface area contributed by atoms with E-state index in [0.29, 0.717) is 12.6 Å². The highest BCUT2D eigenvalue weighted by atomic mass is 32.1. The zero-order chi connectivity index (χ0) is 19.8. The van der Waals surface area contributed by atoms with Gasteiger partial charge in [0.05, 0.1) is 29.6 Å². The van der Waals surface area contributed by atoms with Crippen LogP contribution < -0.4 is 15.0 Å². The number of carbonyl (C=O) groups is 1. The Bertz CT molecular complexity index is 822. The lowest BCUT2D eigenvalue weighted by Gasteiger charge is -2.44. The Kier molecular flexibility index (Phi) is 5.48. The summed E-state index contributed by atoms with van der Waals surface area (Å²) in [5.74, 6) is 0.856. The van der Waals surface area contributed by atoms with E-state index in [2.05, 4.69) is 40.3 Å². The number of fused-ring (bicyclic) bond motifs is 1. The van der Waals surface area contributed by atoms with Gasteiger partial charge in [-0.15, -0.1) is 11.3 Å². The minimum atomic E-state index is -0.512. The molecular formula is C19H28N4O3S. The number of likely N-dealkylation sites (N-methyl/N-ethyl adjacent to an activating group) is 1. The summed E-state index contributed by atoms with van der Waals surface area (Å²) >= 11 is 1.55. The Morgan fingerprint density at radius 3 is 2.67 bits per heavy atom. The number of nitrogens with zero attached hydrogens (tertiary/aromatic N) is 3. The number of nitrogens with one attached hydrogen (secondary N) is 1. The Morgan fingerprint density at radius 2 is 2.07 bits per heavy atom. The monoisotopic (exact) mass is 392 g/mol. The number of alkyl carbamates (subject to hydrolysis) is 1. The SMILES string of the molecule is COc1cc2sc(CNC(=O)OC(C)(C)C)nc2cc1N1CC(N(C)C)C1. The average Bonchev–Trinajstić information content (AvgIpc) is 2.90. The number of hydrogen-bond donors (Lipinski definition) is 1. The molecule has 0 atom stereocenters. The molecule has 1 aromatic heterocycles. The summed E-state index contributed by atoms with van der Waals surface area (Å²) in [7, 11) is 5.90. The number of amides is 1. The largest absolute Gasteiger partial charge is 0.495 e. The molecule has 1 aliphatic rings. The van der Waals surface area contributed by atoms with Crippen LogP contribution in [0, 0.1) is 0 Å². The predicted molar refractivity (Wildman–Crippen MR) is 109 cm³/mol. The normalized spacial score (nSPS) is 15.1.